The van der Waals surface area contributed by atoms with Gasteiger partial charge in [-0.05, 0) is 34.9 Å². The summed E-state index contributed by atoms with van der Waals surface area (Å²) in [7, 11) is 1.51. The van der Waals surface area contributed by atoms with E-state index in [2.05, 4.69) is 10.1 Å². The number of nitriles is 1. The summed E-state index contributed by atoms with van der Waals surface area (Å²) < 4.78 is 20.1. The zero-order chi connectivity index (χ0) is 19.7. The molecule has 0 saturated carbocycles. The molecule has 3 aromatic rings. The summed E-state index contributed by atoms with van der Waals surface area (Å²) in [5.74, 6) is 0.0402. The molecule has 140 valence electrons. The van der Waals surface area contributed by atoms with Gasteiger partial charge < -0.3 is 9.64 Å². The van der Waals surface area contributed by atoms with E-state index in [0.29, 0.717) is 18.8 Å². The van der Waals surface area contributed by atoms with Crippen molar-refractivity contribution in [3.8, 4) is 22.9 Å². The van der Waals surface area contributed by atoms with Crippen molar-refractivity contribution in [3.63, 3.8) is 0 Å². The third-order valence-electron chi connectivity index (χ3n) is 4.69. The van der Waals surface area contributed by atoms with Crippen molar-refractivity contribution < 1.29 is 13.9 Å². The molecule has 28 heavy (non-hydrogen) atoms. The Morgan fingerprint density at radius 3 is 2.82 bits per heavy atom. The van der Waals surface area contributed by atoms with Crippen LogP contribution in [0.25, 0.3) is 11.1 Å². The van der Waals surface area contributed by atoms with Crippen LogP contribution in [0.5, 0.6) is 5.75 Å². The molecule has 1 aliphatic heterocycles. The lowest BCUT2D eigenvalue weighted by Crippen LogP contribution is -2.29. The molecule has 4 rings (SSSR count). The predicted molar refractivity (Wildman–Crippen MR) is 97.4 cm³/mol. The molecule has 7 nitrogen and oxygen atoms in total. The maximum absolute atomic E-state index is 13.5. The molecule has 0 bridgehead atoms. The fourth-order valence-corrected chi connectivity index (χ4v) is 3.30. The zero-order valence-electron chi connectivity index (χ0n) is 15.1. The van der Waals surface area contributed by atoms with Crippen molar-refractivity contribution in [2.45, 2.75) is 19.6 Å². The number of aromatic nitrogens is 3. The van der Waals surface area contributed by atoms with Crippen LogP contribution in [0.1, 0.15) is 17.0 Å². The molecule has 0 unspecified atom stereocenters. The highest BCUT2D eigenvalue weighted by Gasteiger charge is 2.24. The van der Waals surface area contributed by atoms with Crippen LogP contribution in [-0.2, 0) is 24.4 Å². The summed E-state index contributed by atoms with van der Waals surface area (Å²) in [6, 6.07) is 12.2. The van der Waals surface area contributed by atoms with E-state index in [1.165, 1.54) is 30.3 Å². The molecule has 0 saturated heterocycles. The van der Waals surface area contributed by atoms with E-state index in [1.54, 1.807) is 11.0 Å². The number of fused-ring (bicyclic) bond motifs is 1. The standard InChI is InChI=1S/C20H16FN5O2/c1-28-18-7-16(21)4-5-17(18)13-2-3-14-9-25(10-15(14)6-13)20(27)11-26-12-23-19(8-22)24-26/h2-7,12H,9-11H2,1H3. The Labute approximate surface area is 160 Å². The number of hydrogen-bond acceptors (Lipinski definition) is 5. The van der Waals surface area contributed by atoms with Crippen LogP contribution in [0.15, 0.2) is 42.7 Å². The quantitative estimate of drug-likeness (QED) is 0.698. The lowest BCUT2D eigenvalue weighted by Gasteiger charge is -2.14. The average Bonchev–Trinajstić information content (AvgIpc) is 3.33. The van der Waals surface area contributed by atoms with E-state index in [0.717, 1.165) is 22.3 Å². The van der Waals surface area contributed by atoms with Gasteiger partial charge in [0.25, 0.3) is 5.82 Å². The van der Waals surface area contributed by atoms with Crippen molar-refractivity contribution in [1.29, 1.82) is 5.26 Å². The number of benzene rings is 2. The minimum atomic E-state index is -0.355. The maximum Gasteiger partial charge on any atom is 0.252 e. The smallest absolute Gasteiger partial charge is 0.252 e. The third kappa shape index (κ3) is 3.30. The number of carbonyl (C=O) groups is 1. The van der Waals surface area contributed by atoms with Crippen LogP contribution >= 0.6 is 0 Å². The van der Waals surface area contributed by atoms with Crippen LogP contribution in [0.2, 0.25) is 0 Å². The number of halogens is 1. The molecule has 0 spiro atoms. The average molecular weight is 377 g/mol. The van der Waals surface area contributed by atoms with Gasteiger partial charge in [0.15, 0.2) is 0 Å². The Kier molecular flexibility index (Phi) is 4.49. The zero-order valence-corrected chi connectivity index (χ0v) is 15.1. The number of amides is 1. The first kappa shape index (κ1) is 17.7. The number of methoxy groups -OCH3 is 1. The minimum absolute atomic E-state index is 0.0291. The highest BCUT2D eigenvalue weighted by Crippen LogP contribution is 2.34. The van der Waals surface area contributed by atoms with Gasteiger partial charge >= 0.3 is 0 Å². The highest BCUT2D eigenvalue weighted by molar-refractivity contribution is 5.77. The van der Waals surface area contributed by atoms with E-state index in [4.69, 9.17) is 10.00 Å². The van der Waals surface area contributed by atoms with Gasteiger partial charge in [0.2, 0.25) is 5.91 Å². The molecule has 1 aromatic heterocycles. The normalized spacial score (nSPS) is 12.5. The second kappa shape index (κ2) is 7.12. The van der Waals surface area contributed by atoms with Crippen molar-refractivity contribution in [2.75, 3.05) is 7.11 Å². The molecule has 0 aliphatic carbocycles. The van der Waals surface area contributed by atoms with Gasteiger partial charge in [-0.15, -0.1) is 5.10 Å². The fourth-order valence-electron chi connectivity index (χ4n) is 3.30. The van der Waals surface area contributed by atoms with Gasteiger partial charge in [-0.3, -0.25) is 4.79 Å². The molecule has 2 heterocycles. The number of ether oxygens (including phenoxy) is 1. The number of hydrogen-bond donors (Lipinski definition) is 0. The van der Waals surface area contributed by atoms with Crippen LogP contribution < -0.4 is 4.74 Å². The SMILES string of the molecule is COc1cc(F)ccc1-c1ccc2c(c1)CN(C(=O)Cn1cnc(C#N)n1)C2. The minimum Gasteiger partial charge on any atom is -0.496 e. The van der Waals surface area contributed by atoms with Crippen molar-refractivity contribution in [2.24, 2.45) is 0 Å². The van der Waals surface area contributed by atoms with Crippen LogP contribution in [0.4, 0.5) is 4.39 Å². The van der Waals surface area contributed by atoms with Gasteiger partial charge in [-0.2, -0.15) is 5.26 Å². The van der Waals surface area contributed by atoms with Crippen molar-refractivity contribution >= 4 is 5.91 Å². The number of rotatable bonds is 4. The molecule has 0 N–H and O–H groups in total. The molecule has 1 amide bonds. The molecular formula is C20H16FN5O2. The molecule has 0 atom stereocenters. The van der Waals surface area contributed by atoms with Crippen molar-refractivity contribution in [3.05, 3.63) is 65.5 Å². The summed E-state index contributed by atoms with van der Waals surface area (Å²) in [5, 5.41) is 12.7. The summed E-state index contributed by atoms with van der Waals surface area (Å²) in [5.41, 5.74) is 3.80. The van der Waals surface area contributed by atoms with Crippen LogP contribution in [0, 0.1) is 17.1 Å². The van der Waals surface area contributed by atoms with Gasteiger partial charge in [-0.25, -0.2) is 14.1 Å². The Morgan fingerprint density at radius 1 is 1.25 bits per heavy atom. The molecule has 2 aromatic carbocycles. The highest BCUT2D eigenvalue weighted by atomic mass is 19.1. The first-order valence-corrected chi connectivity index (χ1v) is 8.60. The molecular weight excluding hydrogens is 361 g/mol. The van der Waals surface area contributed by atoms with E-state index in [-0.39, 0.29) is 24.1 Å². The van der Waals surface area contributed by atoms with Gasteiger partial charge in [0.1, 0.15) is 30.5 Å². The Morgan fingerprint density at radius 2 is 2.07 bits per heavy atom. The van der Waals surface area contributed by atoms with Gasteiger partial charge in [0, 0.05) is 24.7 Å². The lowest BCUT2D eigenvalue weighted by molar-refractivity contribution is -0.132. The van der Waals surface area contributed by atoms with E-state index in [1.807, 2.05) is 24.3 Å². The first-order chi connectivity index (χ1) is 13.6. The second-order valence-electron chi connectivity index (χ2n) is 6.46. The molecule has 0 fully saturated rings. The van der Waals surface area contributed by atoms with Crippen molar-refractivity contribution in [1.82, 2.24) is 19.7 Å². The Balaban J connectivity index is 1.53. The summed E-state index contributed by atoms with van der Waals surface area (Å²) in [6.45, 7) is 1.02. The Hall–Kier alpha value is -3.73. The van der Waals surface area contributed by atoms with Crippen LogP contribution in [0.3, 0.4) is 0 Å². The topological polar surface area (TPSA) is 84.0 Å². The second-order valence-corrected chi connectivity index (χ2v) is 6.46. The number of carbonyl (C=O) groups excluding carboxylic acids is 1. The van der Waals surface area contributed by atoms with Gasteiger partial charge in [0.05, 0.1) is 7.11 Å². The fraction of sp³-hybridized carbons (Fsp3) is 0.200. The first-order valence-electron chi connectivity index (χ1n) is 8.60. The lowest BCUT2D eigenvalue weighted by atomic mass is 10.00. The monoisotopic (exact) mass is 377 g/mol. The molecule has 1 aliphatic rings. The molecule has 8 heteroatoms. The number of nitrogens with zero attached hydrogens (tertiary/aromatic N) is 5. The largest absolute Gasteiger partial charge is 0.496 e. The van der Waals surface area contributed by atoms with E-state index >= 15 is 0 Å². The maximum atomic E-state index is 13.5. The summed E-state index contributed by atoms with van der Waals surface area (Å²) in [6.07, 6.45) is 1.37. The van der Waals surface area contributed by atoms with Crippen LogP contribution in [-0.4, -0.2) is 32.7 Å². The van der Waals surface area contributed by atoms with Gasteiger partial charge in [-0.1, -0.05) is 12.1 Å². The summed E-state index contributed by atoms with van der Waals surface area (Å²) in [4.78, 5) is 18.1. The summed E-state index contributed by atoms with van der Waals surface area (Å²) >= 11 is 0. The van der Waals surface area contributed by atoms with E-state index in [9.17, 15) is 9.18 Å². The third-order valence-corrected chi connectivity index (χ3v) is 4.69. The predicted octanol–water partition coefficient (Wildman–Crippen LogP) is 2.51. The molecule has 0 radical (unpaired) electrons. The van der Waals surface area contributed by atoms with E-state index < -0.39 is 0 Å². The Bertz CT molecular complexity index is 1100.